The molecule has 29 heavy (non-hydrogen) atoms. The third-order valence-electron chi connectivity index (χ3n) is 4.84. The maximum absolute atomic E-state index is 12.9. The SMILES string of the molecule is O=C(COC(=O)C1c2ccccc2Oc2ccccc21)NCCc1ccccc1. The van der Waals surface area contributed by atoms with Gasteiger partial charge in [-0.25, -0.2) is 0 Å². The van der Waals surface area contributed by atoms with E-state index >= 15 is 0 Å². The Morgan fingerprint density at radius 2 is 1.41 bits per heavy atom. The first-order valence-electron chi connectivity index (χ1n) is 9.55. The van der Waals surface area contributed by atoms with Gasteiger partial charge in [0.1, 0.15) is 17.4 Å². The minimum atomic E-state index is -0.617. The number of carbonyl (C=O) groups is 2. The van der Waals surface area contributed by atoms with E-state index in [1.54, 1.807) is 0 Å². The second-order valence-corrected chi connectivity index (χ2v) is 6.80. The molecule has 1 N–H and O–H groups in total. The van der Waals surface area contributed by atoms with Crippen LogP contribution in [0, 0.1) is 0 Å². The molecular weight excluding hydrogens is 366 g/mol. The molecule has 0 atom stereocenters. The van der Waals surface area contributed by atoms with Gasteiger partial charge in [-0.05, 0) is 24.1 Å². The van der Waals surface area contributed by atoms with E-state index in [1.165, 1.54) is 0 Å². The van der Waals surface area contributed by atoms with E-state index in [9.17, 15) is 9.59 Å². The van der Waals surface area contributed by atoms with Crippen molar-refractivity contribution in [1.29, 1.82) is 0 Å². The summed E-state index contributed by atoms with van der Waals surface area (Å²) < 4.78 is 11.2. The second kappa shape index (κ2) is 8.61. The molecular formula is C24H21NO4. The number of para-hydroxylation sites is 2. The Balaban J connectivity index is 1.38. The fourth-order valence-corrected chi connectivity index (χ4v) is 3.43. The van der Waals surface area contributed by atoms with Crippen molar-refractivity contribution in [3.63, 3.8) is 0 Å². The number of esters is 1. The minimum Gasteiger partial charge on any atom is -0.457 e. The van der Waals surface area contributed by atoms with Gasteiger partial charge in [0.25, 0.3) is 5.91 Å². The van der Waals surface area contributed by atoms with Gasteiger partial charge in [0.2, 0.25) is 0 Å². The van der Waals surface area contributed by atoms with Gasteiger partial charge in [-0.1, -0.05) is 66.7 Å². The molecule has 5 heteroatoms. The number of benzene rings is 3. The summed E-state index contributed by atoms with van der Waals surface area (Å²) in [5, 5.41) is 2.79. The molecule has 0 aromatic heterocycles. The molecule has 0 saturated heterocycles. The molecule has 0 bridgehead atoms. The van der Waals surface area contributed by atoms with Gasteiger partial charge in [-0.3, -0.25) is 9.59 Å². The minimum absolute atomic E-state index is 0.310. The first kappa shape index (κ1) is 18.7. The number of nitrogens with one attached hydrogen (secondary N) is 1. The Kier molecular flexibility index (Phi) is 5.56. The molecule has 146 valence electrons. The molecule has 4 rings (SSSR count). The lowest BCUT2D eigenvalue weighted by Crippen LogP contribution is -2.32. The van der Waals surface area contributed by atoms with Crippen molar-refractivity contribution in [2.24, 2.45) is 0 Å². The highest BCUT2D eigenvalue weighted by Crippen LogP contribution is 2.44. The number of fused-ring (bicyclic) bond motifs is 2. The van der Waals surface area contributed by atoms with Crippen LogP contribution in [0.5, 0.6) is 11.5 Å². The third-order valence-corrected chi connectivity index (χ3v) is 4.84. The molecule has 3 aromatic rings. The second-order valence-electron chi connectivity index (χ2n) is 6.80. The summed E-state index contributed by atoms with van der Waals surface area (Å²) in [7, 11) is 0. The Morgan fingerprint density at radius 3 is 2.07 bits per heavy atom. The number of rotatable bonds is 6. The van der Waals surface area contributed by atoms with Crippen molar-refractivity contribution in [3.05, 3.63) is 95.6 Å². The van der Waals surface area contributed by atoms with Crippen LogP contribution in [0.1, 0.15) is 22.6 Å². The highest BCUT2D eigenvalue weighted by molar-refractivity contribution is 5.87. The molecule has 3 aromatic carbocycles. The summed E-state index contributed by atoms with van der Waals surface area (Å²) in [6, 6.07) is 24.6. The number of ether oxygens (including phenoxy) is 2. The molecule has 1 heterocycles. The highest BCUT2D eigenvalue weighted by Gasteiger charge is 2.33. The normalized spacial score (nSPS) is 12.3. The zero-order valence-corrected chi connectivity index (χ0v) is 15.8. The number of hydrogen-bond acceptors (Lipinski definition) is 4. The van der Waals surface area contributed by atoms with Crippen LogP contribution in [-0.2, 0) is 20.7 Å². The van der Waals surface area contributed by atoms with Crippen molar-refractivity contribution in [2.75, 3.05) is 13.2 Å². The third kappa shape index (κ3) is 4.29. The van der Waals surface area contributed by atoms with E-state index in [4.69, 9.17) is 9.47 Å². The average molecular weight is 387 g/mol. The molecule has 1 amide bonds. The van der Waals surface area contributed by atoms with Gasteiger partial charge in [-0.15, -0.1) is 0 Å². The molecule has 0 fully saturated rings. The lowest BCUT2D eigenvalue weighted by Gasteiger charge is -2.26. The zero-order valence-electron chi connectivity index (χ0n) is 15.8. The van der Waals surface area contributed by atoms with E-state index in [0.717, 1.165) is 23.1 Å². The Labute approximate surface area is 169 Å². The van der Waals surface area contributed by atoms with Crippen LogP contribution in [0.15, 0.2) is 78.9 Å². The molecule has 1 aliphatic rings. The molecule has 5 nitrogen and oxygen atoms in total. The largest absolute Gasteiger partial charge is 0.457 e. The fraction of sp³-hybridized carbons (Fsp3) is 0.167. The standard InChI is InChI=1S/C24H21NO4/c26-22(25-15-14-17-8-2-1-3-9-17)16-28-24(27)23-18-10-4-6-12-20(18)29-21-13-7-5-11-19(21)23/h1-13,23H,14-16H2,(H,25,26). The van der Waals surface area contributed by atoms with Crippen molar-refractivity contribution in [2.45, 2.75) is 12.3 Å². The van der Waals surface area contributed by atoms with Crippen LogP contribution < -0.4 is 10.1 Å². The Bertz CT molecular complexity index is 971. The summed E-state index contributed by atoms with van der Waals surface area (Å²) in [6.45, 7) is 0.179. The Morgan fingerprint density at radius 1 is 0.828 bits per heavy atom. The maximum atomic E-state index is 12.9. The summed E-state index contributed by atoms with van der Waals surface area (Å²) >= 11 is 0. The summed E-state index contributed by atoms with van der Waals surface area (Å²) in [6.07, 6.45) is 0.723. The lowest BCUT2D eigenvalue weighted by molar-refractivity contribution is -0.149. The van der Waals surface area contributed by atoms with Gasteiger partial charge >= 0.3 is 5.97 Å². The van der Waals surface area contributed by atoms with Crippen LogP contribution in [0.3, 0.4) is 0 Å². The monoisotopic (exact) mass is 387 g/mol. The van der Waals surface area contributed by atoms with Gasteiger partial charge in [0.05, 0.1) is 0 Å². The number of hydrogen-bond donors (Lipinski definition) is 1. The van der Waals surface area contributed by atoms with Crippen molar-refractivity contribution >= 4 is 11.9 Å². The molecule has 0 saturated carbocycles. The van der Waals surface area contributed by atoms with Gasteiger partial charge in [-0.2, -0.15) is 0 Å². The zero-order chi connectivity index (χ0) is 20.1. The van der Waals surface area contributed by atoms with Gasteiger partial charge in [0.15, 0.2) is 6.61 Å². The molecule has 0 aliphatic carbocycles. The van der Waals surface area contributed by atoms with E-state index in [-0.39, 0.29) is 12.5 Å². The topological polar surface area (TPSA) is 64.6 Å². The van der Waals surface area contributed by atoms with Gasteiger partial charge in [0, 0.05) is 17.7 Å². The molecule has 1 aliphatic heterocycles. The quantitative estimate of drug-likeness (QED) is 0.653. The Hall–Kier alpha value is -3.60. The average Bonchev–Trinajstić information content (AvgIpc) is 2.76. The number of carbonyl (C=O) groups excluding carboxylic acids is 2. The predicted molar refractivity (Wildman–Crippen MR) is 109 cm³/mol. The predicted octanol–water partition coefficient (Wildman–Crippen LogP) is 3.83. The first-order valence-corrected chi connectivity index (χ1v) is 9.55. The highest BCUT2D eigenvalue weighted by atomic mass is 16.5. The van der Waals surface area contributed by atoms with Crippen LogP contribution in [0.4, 0.5) is 0 Å². The van der Waals surface area contributed by atoms with E-state index < -0.39 is 11.9 Å². The van der Waals surface area contributed by atoms with Gasteiger partial charge < -0.3 is 14.8 Å². The van der Waals surface area contributed by atoms with E-state index in [2.05, 4.69) is 5.32 Å². The van der Waals surface area contributed by atoms with Crippen LogP contribution in [0.2, 0.25) is 0 Å². The maximum Gasteiger partial charge on any atom is 0.318 e. The summed E-state index contributed by atoms with van der Waals surface area (Å²) in [4.78, 5) is 25.0. The first-order chi connectivity index (χ1) is 14.2. The van der Waals surface area contributed by atoms with Crippen LogP contribution in [-0.4, -0.2) is 25.0 Å². The van der Waals surface area contributed by atoms with Crippen LogP contribution in [0.25, 0.3) is 0 Å². The lowest BCUT2D eigenvalue weighted by atomic mass is 9.88. The van der Waals surface area contributed by atoms with Crippen LogP contribution >= 0.6 is 0 Å². The number of amides is 1. The molecule has 0 radical (unpaired) electrons. The van der Waals surface area contributed by atoms with E-state index in [1.807, 2.05) is 78.9 Å². The van der Waals surface area contributed by atoms with E-state index in [0.29, 0.717) is 18.0 Å². The summed E-state index contributed by atoms with van der Waals surface area (Å²) in [5.41, 5.74) is 2.61. The van der Waals surface area contributed by atoms with Crippen molar-refractivity contribution in [3.8, 4) is 11.5 Å². The fourth-order valence-electron chi connectivity index (χ4n) is 3.43. The van der Waals surface area contributed by atoms with Crippen molar-refractivity contribution < 1.29 is 19.1 Å². The molecule has 0 spiro atoms. The summed E-state index contributed by atoms with van der Waals surface area (Å²) in [5.74, 6) is -0.150. The van der Waals surface area contributed by atoms with Crippen molar-refractivity contribution in [1.82, 2.24) is 5.32 Å². The molecule has 0 unspecified atom stereocenters. The smallest absolute Gasteiger partial charge is 0.318 e.